The Bertz CT molecular complexity index is 638. The first-order valence-electron chi connectivity index (χ1n) is 5.82. The van der Waals surface area contributed by atoms with Crippen LogP contribution < -0.4 is 5.32 Å². The molecule has 1 aromatic carbocycles. The molecule has 0 spiro atoms. The van der Waals surface area contributed by atoms with E-state index in [1.165, 1.54) is 0 Å². The van der Waals surface area contributed by atoms with E-state index < -0.39 is 23.2 Å². The molecule has 0 aliphatic heterocycles. The number of anilines is 1. The monoisotopic (exact) mass is 340 g/mol. The van der Waals surface area contributed by atoms with E-state index in [-0.39, 0.29) is 10.9 Å². The summed E-state index contributed by atoms with van der Waals surface area (Å²) in [7, 11) is 0. The minimum absolute atomic E-state index is 0.0401. The zero-order chi connectivity index (χ0) is 14.7. The molecule has 1 aromatic heterocycles. The van der Waals surface area contributed by atoms with Crippen LogP contribution in [0.2, 0.25) is 0 Å². The summed E-state index contributed by atoms with van der Waals surface area (Å²) in [5.74, 6) is -2.18. The Morgan fingerprint density at radius 1 is 1.35 bits per heavy atom. The molecule has 2 aromatic rings. The highest BCUT2D eigenvalue weighted by Gasteiger charge is 2.14. The third-order valence-electron chi connectivity index (χ3n) is 2.72. The SMILES string of the molecule is Cc1cccnc1CC(=O)Nc1c(F)cc(Br)cc1F. The second-order valence-electron chi connectivity index (χ2n) is 4.24. The first-order valence-corrected chi connectivity index (χ1v) is 6.61. The molecule has 0 fully saturated rings. The second kappa shape index (κ2) is 6.09. The van der Waals surface area contributed by atoms with Crippen molar-refractivity contribution in [3.8, 4) is 0 Å². The molecular formula is C14H11BrF2N2O. The first kappa shape index (κ1) is 14.6. The number of hydrogen-bond donors (Lipinski definition) is 1. The molecule has 0 atom stereocenters. The zero-order valence-electron chi connectivity index (χ0n) is 10.6. The summed E-state index contributed by atoms with van der Waals surface area (Å²) >= 11 is 2.97. The van der Waals surface area contributed by atoms with Gasteiger partial charge in [0, 0.05) is 10.7 Å². The summed E-state index contributed by atoms with van der Waals surface area (Å²) in [5.41, 5.74) is 0.967. The fourth-order valence-electron chi connectivity index (χ4n) is 1.70. The van der Waals surface area contributed by atoms with Gasteiger partial charge >= 0.3 is 0 Å². The van der Waals surface area contributed by atoms with E-state index in [1.54, 1.807) is 12.3 Å². The number of aromatic nitrogens is 1. The van der Waals surface area contributed by atoms with Gasteiger partial charge in [-0.1, -0.05) is 22.0 Å². The Balaban J connectivity index is 2.15. The molecule has 0 radical (unpaired) electrons. The van der Waals surface area contributed by atoms with Crippen molar-refractivity contribution in [2.75, 3.05) is 5.32 Å². The predicted molar refractivity (Wildman–Crippen MR) is 75.4 cm³/mol. The van der Waals surface area contributed by atoms with Crippen molar-refractivity contribution in [3.05, 3.63) is 57.8 Å². The maximum Gasteiger partial charge on any atom is 0.230 e. The molecule has 2 rings (SSSR count). The number of halogens is 3. The first-order chi connectivity index (χ1) is 9.47. The van der Waals surface area contributed by atoms with Gasteiger partial charge in [-0.25, -0.2) is 8.78 Å². The second-order valence-corrected chi connectivity index (χ2v) is 5.15. The maximum absolute atomic E-state index is 13.6. The van der Waals surface area contributed by atoms with Crippen LogP contribution in [0.25, 0.3) is 0 Å². The molecule has 1 N–H and O–H groups in total. The van der Waals surface area contributed by atoms with E-state index in [0.29, 0.717) is 5.69 Å². The van der Waals surface area contributed by atoms with Crippen LogP contribution >= 0.6 is 15.9 Å². The normalized spacial score (nSPS) is 10.4. The highest BCUT2D eigenvalue weighted by atomic mass is 79.9. The Morgan fingerprint density at radius 3 is 2.60 bits per heavy atom. The summed E-state index contributed by atoms with van der Waals surface area (Å²) in [6.45, 7) is 1.82. The van der Waals surface area contributed by atoms with Gasteiger partial charge in [0.05, 0.1) is 12.1 Å². The van der Waals surface area contributed by atoms with Gasteiger partial charge in [-0.15, -0.1) is 0 Å². The molecule has 20 heavy (non-hydrogen) atoms. The lowest BCUT2D eigenvalue weighted by Crippen LogP contribution is -2.17. The lowest BCUT2D eigenvalue weighted by Gasteiger charge is -2.09. The van der Waals surface area contributed by atoms with Crippen LogP contribution in [0, 0.1) is 18.6 Å². The number of nitrogens with zero attached hydrogens (tertiary/aromatic N) is 1. The van der Waals surface area contributed by atoms with E-state index in [9.17, 15) is 13.6 Å². The van der Waals surface area contributed by atoms with Crippen molar-refractivity contribution in [1.82, 2.24) is 4.98 Å². The van der Waals surface area contributed by atoms with E-state index in [4.69, 9.17) is 0 Å². The van der Waals surface area contributed by atoms with Crippen LogP contribution in [-0.4, -0.2) is 10.9 Å². The third kappa shape index (κ3) is 3.39. The number of benzene rings is 1. The standard InChI is InChI=1S/C14H11BrF2N2O/c1-8-3-2-4-18-12(8)7-13(20)19-14-10(16)5-9(15)6-11(14)17/h2-6H,7H2,1H3,(H,19,20). The quantitative estimate of drug-likeness (QED) is 0.927. The third-order valence-corrected chi connectivity index (χ3v) is 3.17. The summed E-state index contributed by atoms with van der Waals surface area (Å²) < 4.78 is 27.4. The number of amides is 1. The topological polar surface area (TPSA) is 42.0 Å². The molecule has 0 aliphatic carbocycles. The Labute approximate surface area is 123 Å². The average Bonchev–Trinajstić information content (AvgIpc) is 2.36. The molecule has 6 heteroatoms. The molecule has 0 bridgehead atoms. The zero-order valence-corrected chi connectivity index (χ0v) is 12.2. The summed E-state index contributed by atoms with van der Waals surface area (Å²) in [4.78, 5) is 15.9. The van der Waals surface area contributed by atoms with Crippen molar-refractivity contribution in [2.45, 2.75) is 13.3 Å². The Hall–Kier alpha value is -1.82. The lowest BCUT2D eigenvalue weighted by atomic mass is 10.1. The van der Waals surface area contributed by atoms with E-state index in [2.05, 4.69) is 26.2 Å². The van der Waals surface area contributed by atoms with Crippen LogP contribution in [0.3, 0.4) is 0 Å². The van der Waals surface area contributed by atoms with Gasteiger partial charge in [0.25, 0.3) is 0 Å². The number of rotatable bonds is 3. The van der Waals surface area contributed by atoms with E-state index in [1.807, 2.05) is 13.0 Å². The van der Waals surface area contributed by atoms with Gasteiger partial charge in [0.15, 0.2) is 11.6 Å². The Kier molecular flexibility index (Phi) is 4.44. The van der Waals surface area contributed by atoms with Crippen molar-refractivity contribution in [2.24, 2.45) is 0 Å². The van der Waals surface area contributed by atoms with E-state index in [0.717, 1.165) is 17.7 Å². The Morgan fingerprint density at radius 2 is 2.00 bits per heavy atom. The summed E-state index contributed by atoms with van der Waals surface area (Å²) in [5, 5.41) is 2.23. The fraction of sp³-hybridized carbons (Fsp3) is 0.143. The molecular weight excluding hydrogens is 330 g/mol. The molecule has 0 aliphatic rings. The predicted octanol–water partition coefficient (Wildman–Crippen LogP) is 3.61. The molecule has 1 heterocycles. The minimum atomic E-state index is -0.831. The molecule has 0 saturated carbocycles. The van der Waals surface area contributed by atoms with Crippen molar-refractivity contribution in [3.63, 3.8) is 0 Å². The number of hydrogen-bond acceptors (Lipinski definition) is 2. The molecule has 104 valence electrons. The molecule has 3 nitrogen and oxygen atoms in total. The fourth-order valence-corrected chi connectivity index (χ4v) is 2.10. The van der Waals surface area contributed by atoms with Crippen molar-refractivity contribution < 1.29 is 13.6 Å². The molecule has 0 unspecified atom stereocenters. The van der Waals surface area contributed by atoms with Crippen LogP contribution in [-0.2, 0) is 11.2 Å². The number of nitrogens with one attached hydrogen (secondary N) is 1. The van der Waals surface area contributed by atoms with Crippen LogP contribution in [0.4, 0.5) is 14.5 Å². The average molecular weight is 341 g/mol. The summed E-state index contributed by atoms with van der Waals surface area (Å²) in [6, 6.07) is 5.75. The smallest absolute Gasteiger partial charge is 0.230 e. The number of pyridine rings is 1. The lowest BCUT2D eigenvalue weighted by molar-refractivity contribution is -0.115. The van der Waals surface area contributed by atoms with Crippen LogP contribution in [0.5, 0.6) is 0 Å². The number of aryl methyl sites for hydroxylation is 1. The van der Waals surface area contributed by atoms with Gasteiger partial charge in [0.2, 0.25) is 5.91 Å². The van der Waals surface area contributed by atoms with Gasteiger partial charge < -0.3 is 5.32 Å². The van der Waals surface area contributed by atoms with Crippen LogP contribution in [0.15, 0.2) is 34.9 Å². The van der Waals surface area contributed by atoms with Crippen LogP contribution in [0.1, 0.15) is 11.3 Å². The largest absolute Gasteiger partial charge is 0.321 e. The minimum Gasteiger partial charge on any atom is -0.321 e. The number of carbonyl (C=O) groups excluding carboxylic acids is 1. The molecule has 0 saturated heterocycles. The number of carbonyl (C=O) groups is 1. The van der Waals surface area contributed by atoms with Gasteiger partial charge in [-0.05, 0) is 30.7 Å². The summed E-state index contributed by atoms with van der Waals surface area (Å²) in [6.07, 6.45) is 1.53. The van der Waals surface area contributed by atoms with Gasteiger partial charge in [-0.2, -0.15) is 0 Å². The van der Waals surface area contributed by atoms with Crippen molar-refractivity contribution in [1.29, 1.82) is 0 Å². The van der Waals surface area contributed by atoms with Gasteiger partial charge in [-0.3, -0.25) is 9.78 Å². The van der Waals surface area contributed by atoms with E-state index >= 15 is 0 Å². The highest BCUT2D eigenvalue weighted by Crippen LogP contribution is 2.23. The maximum atomic E-state index is 13.6. The van der Waals surface area contributed by atoms with Gasteiger partial charge in [0.1, 0.15) is 5.69 Å². The van der Waals surface area contributed by atoms with Crippen molar-refractivity contribution >= 4 is 27.5 Å². The molecule has 1 amide bonds. The highest BCUT2D eigenvalue weighted by molar-refractivity contribution is 9.10.